The van der Waals surface area contributed by atoms with Crippen molar-refractivity contribution in [2.75, 3.05) is 13.1 Å². The van der Waals surface area contributed by atoms with E-state index in [4.69, 9.17) is 9.84 Å². The molecule has 3 N–H and O–H groups in total. The van der Waals surface area contributed by atoms with E-state index in [1.54, 1.807) is 0 Å². The molecule has 1 saturated heterocycles. The van der Waals surface area contributed by atoms with E-state index in [2.05, 4.69) is 10.6 Å². The van der Waals surface area contributed by atoms with E-state index in [1.165, 1.54) is 11.3 Å². The largest absolute Gasteiger partial charge is 0.489 e. The number of benzene rings is 2. The Bertz CT molecular complexity index is 1050. The van der Waals surface area contributed by atoms with Crippen molar-refractivity contribution in [3.63, 3.8) is 0 Å². The molecule has 3 amide bonds. The highest BCUT2D eigenvalue weighted by molar-refractivity contribution is 5.88. The molecule has 0 bridgehead atoms. The lowest BCUT2D eigenvalue weighted by molar-refractivity contribution is -0.130. The van der Waals surface area contributed by atoms with Crippen LogP contribution in [0.5, 0.6) is 5.75 Å². The molecule has 1 aliphatic heterocycles. The molecular weight excluding hydrogens is 482 g/mol. The van der Waals surface area contributed by atoms with Gasteiger partial charge in [0.15, 0.2) is 0 Å². The average molecular weight is 522 g/mol. The topological polar surface area (TPSA) is 108 Å². The summed E-state index contributed by atoms with van der Waals surface area (Å²) in [6, 6.07) is 17.1. The van der Waals surface area contributed by atoms with Gasteiger partial charge >= 0.3 is 6.09 Å². The Morgan fingerprint density at radius 1 is 0.895 bits per heavy atom. The Morgan fingerprint density at radius 2 is 1.58 bits per heavy atom. The normalized spacial score (nSPS) is 17.4. The zero-order chi connectivity index (χ0) is 26.7. The van der Waals surface area contributed by atoms with E-state index >= 15 is 0 Å². The number of likely N-dealkylation sites (tertiary alicyclic amines) is 1. The fraction of sp³-hybridized carbons (Fsp3) is 0.500. The quantitative estimate of drug-likeness (QED) is 0.426. The van der Waals surface area contributed by atoms with E-state index in [0.717, 1.165) is 42.6 Å². The van der Waals surface area contributed by atoms with Gasteiger partial charge in [-0.2, -0.15) is 0 Å². The van der Waals surface area contributed by atoms with Crippen LogP contribution in [0.3, 0.4) is 0 Å². The van der Waals surface area contributed by atoms with Crippen molar-refractivity contribution in [3.05, 3.63) is 65.7 Å². The Morgan fingerprint density at radius 3 is 2.24 bits per heavy atom. The molecule has 204 valence electrons. The summed E-state index contributed by atoms with van der Waals surface area (Å²) in [6.07, 6.45) is 6.46. The Hall–Kier alpha value is -3.55. The number of hydrogen-bond acceptors (Lipinski definition) is 4. The van der Waals surface area contributed by atoms with Crippen molar-refractivity contribution in [2.24, 2.45) is 5.92 Å². The summed E-state index contributed by atoms with van der Waals surface area (Å²) < 4.78 is 5.88. The summed E-state index contributed by atoms with van der Waals surface area (Å²) in [5.74, 6) is 0.562. The Kier molecular flexibility index (Phi) is 10.0. The molecule has 0 spiro atoms. The number of carboxylic acid groups (broad SMARTS) is 1. The van der Waals surface area contributed by atoms with Crippen molar-refractivity contribution in [1.29, 1.82) is 0 Å². The summed E-state index contributed by atoms with van der Waals surface area (Å²) in [5.41, 5.74) is 2.03. The molecule has 8 nitrogen and oxygen atoms in total. The number of piperidine rings is 1. The second-order valence-corrected chi connectivity index (χ2v) is 10.5. The van der Waals surface area contributed by atoms with Crippen LogP contribution >= 0.6 is 0 Å². The molecule has 1 heterocycles. The van der Waals surface area contributed by atoms with E-state index in [1.807, 2.05) is 54.6 Å². The van der Waals surface area contributed by atoms with Gasteiger partial charge in [0.25, 0.3) is 0 Å². The SMILES string of the molecule is O=C(CC1CCN(C(=O)O)CC1)N[C@@H](Cc1ccc(OCc2ccccc2)cc1)C(=O)NC1CCCCC1. The second kappa shape index (κ2) is 13.8. The van der Waals surface area contributed by atoms with Crippen molar-refractivity contribution >= 4 is 17.9 Å². The number of rotatable bonds is 10. The highest BCUT2D eigenvalue weighted by Gasteiger charge is 2.28. The first-order valence-corrected chi connectivity index (χ1v) is 13.8. The molecule has 38 heavy (non-hydrogen) atoms. The van der Waals surface area contributed by atoms with Gasteiger partial charge in [0.05, 0.1) is 0 Å². The smallest absolute Gasteiger partial charge is 0.407 e. The average Bonchev–Trinajstić information content (AvgIpc) is 2.93. The highest BCUT2D eigenvalue weighted by atomic mass is 16.5. The van der Waals surface area contributed by atoms with Crippen molar-refractivity contribution in [2.45, 2.75) is 76.5 Å². The van der Waals surface area contributed by atoms with Gasteiger partial charge in [-0.3, -0.25) is 9.59 Å². The molecule has 2 fully saturated rings. The summed E-state index contributed by atoms with van der Waals surface area (Å²) in [4.78, 5) is 38.8. The molecule has 1 atom stereocenters. The summed E-state index contributed by atoms with van der Waals surface area (Å²) in [7, 11) is 0. The molecule has 8 heteroatoms. The van der Waals surface area contributed by atoms with Crippen LogP contribution in [0.25, 0.3) is 0 Å². The number of carbonyl (C=O) groups is 3. The van der Waals surface area contributed by atoms with Crippen LogP contribution in [-0.2, 0) is 22.6 Å². The minimum Gasteiger partial charge on any atom is -0.489 e. The first-order valence-electron chi connectivity index (χ1n) is 13.8. The van der Waals surface area contributed by atoms with Crippen molar-refractivity contribution in [1.82, 2.24) is 15.5 Å². The third-order valence-corrected chi connectivity index (χ3v) is 7.57. The summed E-state index contributed by atoms with van der Waals surface area (Å²) in [6.45, 7) is 1.36. The minimum atomic E-state index is -0.913. The van der Waals surface area contributed by atoms with Crippen LogP contribution in [0, 0.1) is 5.92 Å². The number of amides is 3. The van der Waals surface area contributed by atoms with Crippen LogP contribution < -0.4 is 15.4 Å². The van der Waals surface area contributed by atoms with Crippen LogP contribution in [0.4, 0.5) is 4.79 Å². The zero-order valence-corrected chi connectivity index (χ0v) is 21.9. The molecule has 1 aliphatic carbocycles. The van der Waals surface area contributed by atoms with Gasteiger partial charge in [0.1, 0.15) is 18.4 Å². The maximum atomic E-state index is 13.3. The minimum absolute atomic E-state index is 0.119. The zero-order valence-electron chi connectivity index (χ0n) is 21.9. The predicted molar refractivity (Wildman–Crippen MR) is 145 cm³/mol. The lowest BCUT2D eigenvalue weighted by Gasteiger charge is -2.30. The Labute approximate surface area is 224 Å². The van der Waals surface area contributed by atoms with Crippen molar-refractivity contribution in [3.8, 4) is 5.75 Å². The summed E-state index contributed by atoms with van der Waals surface area (Å²) in [5, 5.41) is 15.3. The van der Waals surface area contributed by atoms with Gasteiger partial charge < -0.3 is 25.4 Å². The second-order valence-electron chi connectivity index (χ2n) is 10.5. The number of hydrogen-bond donors (Lipinski definition) is 3. The first kappa shape index (κ1) is 27.5. The van der Waals surface area contributed by atoms with E-state index in [0.29, 0.717) is 45.4 Å². The van der Waals surface area contributed by atoms with Gasteiger partial charge in [0, 0.05) is 32.0 Å². The van der Waals surface area contributed by atoms with Crippen LogP contribution in [0.1, 0.15) is 62.5 Å². The predicted octanol–water partition coefficient (Wildman–Crippen LogP) is 4.52. The van der Waals surface area contributed by atoms with E-state index in [-0.39, 0.29) is 23.8 Å². The molecule has 2 aromatic carbocycles. The fourth-order valence-corrected chi connectivity index (χ4v) is 5.30. The lowest BCUT2D eigenvalue weighted by Crippen LogP contribution is -2.51. The Balaban J connectivity index is 1.34. The molecule has 1 saturated carbocycles. The van der Waals surface area contributed by atoms with Gasteiger partial charge in [-0.15, -0.1) is 0 Å². The van der Waals surface area contributed by atoms with Crippen LogP contribution in [0.15, 0.2) is 54.6 Å². The maximum Gasteiger partial charge on any atom is 0.407 e. The first-order chi connectivity index (χ1) is 18.5. The van der Waals surface area contributed by atoms with Gasteiger partial charge in [0.2, 0.25) is 11.8 Å². The molecule has 2 aliphatic rings. The van der Waals surface area contributed by atoms with Gasteiger partial charge in [-0.05, 0) is 54.9 Å². The van der Waals surface area contributed by atoms with Crippen LogP contribution in [0.2, 0.25) is 0 Å². The standard InChI is InChI=1S/C30H39N3O5/c34-28(20-23-15-17-33(18-16-23)30(36)37)32-27(29(35)31-25-9-5-2-6-10-25)19-22-11-13-26(14-12-22)38-21-24-7-3-1-4-8-24/h1,3-4,7-8,11-14,23,25,27H,2,5-6,9-10,15-21H2,(H,31,35)(H,32,34)(H,36,37)/t27-/m0/s1. The monoisotopic (exact) mass is 521 g/mol. The molecule has 0 unspecified atom stereocenters. The van der Waals surface area contributed by atoms with Gasteiger partial charge in [-0.1, -0.05) is 61.7 Å². The maximum absolute atomic E-state index is 13.3. The number of nitrogens with one attached hydrogen (secondary N) is 2. The third kappa shape index (κ3) is 8.50. The molecule has 0 radical (unpaired) electrons. The lowest BCUT2D eigenvalue weighted by atomic mass is 9.93. The molecule has 0 aromatic heterocycles. The van der Waals surface area contributed by atoms with Gasteiger partial charge in [-0.25, -0.2) is 4.79 Å². The molecule has 2 aromatic rings. The third-order valence-electron chi connectivity index (χ3n) is 7.57. The number of carbonyl (C=O) groups excluding carboxylic acids is 2. The van der Waals surface area contributed by atoms with Crippen molar-refractivity contribution < 1.29 is 24.2 Å². The van der Waals surface area contributed by atoms with E-state index < -0.39 is 12.1 Å². The number of ether oxygens (including phenoxy) is 1. The highest BCUT2D eigenvalue weighted by Crippen LogP contribution is 2.22. The molecule has 4 rings (SSSR count). The summed E-state index contributed by atoms with van der Waals surface area (Å²) >= 11 is 0. The van der Waals surface area contributed by atoms with Crippen LogP contribution in [-0.4, -0.2) is 53.1 Å². The number of nitrogens with zero attached hydrogens (tertiary/aromatic N) is 1. The fourth-order valence-electron chi connectivity index (χ4n) is 5.30. The molecular formula is C30H39N3O5. The van der Waals surface area contributed by atoms with E-state index in [9.17, 15) is 14.4 Å².